The van der Waals surface area contributed by atoms with E-state index < -0.39 is 0 Å². The van der Waals surface area contributed by atoms with E-state index in [1.165, 1.54) is 0 Å². The van der Waals surface area contributed by atoms with Gasteiger partial charge in [0.2, 0.25) is 0 Å². The van der Waals surface area contributed by atoms with Crippen LogP contribution in [0.4, 0.5) is 0 Å². The minimum atomic E-state index is 0.303. The van der Waals surface area contributed by atoms with Crippen molar-refractivity contribution < 1.29 is 10.7 Å². The number of nitrogens with two attached hydrogens (primary N) is 2. The standard InChI is InChI=1S/C6H16N4/c1-5(7)3-2-4-10-6(8)9/h5H,2-4,7H2,1H3,(H4,8,9,10)/p+2. The van der Waals surface area contributed by atoms with Crippen molar-refractivity contribution >= 4 is 5.96 Å². The molecule has 0 aromatic rings. The zero-order chi connectivity index (χ0) is 7.98. The molecule has 0 aliphatic carbocycles. The lowest BCUT2D eigenvalue weighted by Crippen LogP contribution is -2.78. The first-order valence-corrected chi connectivity index (χ1v) is 3.57. The molecule has 0 aromatic heterocycles. The lowest BCUT2D eigenvalue weighted by atomic mass is 10.2. The summed E-state index contributed by atoms with van der Waals surface area (Å²) in [5, 5.41) is 0. The molecule has 0 fully saturated rings. The third kappa shape index (κ3) is 7.23. The van der Waals surface area contributed by atoms with Crippen LogP contribution in [0, 0.1) is 0 Å². The van der Waals surface area contributed by atoms with Gasteiger partial charge in [0.05, 0.1) is 12.6 Å². The number of hydrogen-bond donors (Lipinski definition) is 4. The normalized spacial score (nSPS) is 12.6. The predicted octanol–water partition coefficient (Wildman–Crippen LogP) is -3.25. The zero-order valence-corrected chi connectivity index (χ0v) is 6.56. The van der Waals surface area contributed by atoms with E-state index in [4.69, 9.17) is 11.5 Å². The Morgan fingerprint density at radius 2 is 2.20 bits per heavy atom. The van der Waals surface area contributed by atoms with Gasteiger partial charge in [-0.25, -0.2) is 0 Å². The minimum Gasteiger partial charge on any atom is -0.355 e. The zero-order valence-electron chi connectivity index (χ0n) is 6.56. The maximum Gasteiger partial charge on any atom is 0.338 e. The summed E-state index contributed by atoms with van der Waals surface area (Å²) in [6, 6.07) is 0.515. The topological polar surface area (TPSA) is 93.6 Å². The van der Waals surface area contributed by atoms with Crippen molar-refractivity contribution in [2.45, 2.75) is 25.8 Å². The summed E-state index contributed by atoms with van der Waals surface area (Å²) in [6.07, 6.45) is 2.18. The molecule has 0 aliphatic rings. The summed E-state index contributed by atoms with van der Waals surface area (Å²) in [4.78, 5) is 2.85. The van der Waals surface area contributed by atoms with Gasteiger partial charge in [-0.1, -0.05) is 0 Å². The van der Waals surface area contributed by atoms with Gasteiger partial charge in [-0.15, -0.1) is 0 Å². The van der Waals surface area contributed by atoms with Crippen LogP contribution in [0.25, 0.3) is 0 Å². The van der Waals surface area contributed by atoms with Gasteiger partial charge in [0.25, 0.3) is 0 Å². The lowest BCUT2D eigenvalue weighted by molar-refractivity contribution is -0.464. The molecular weight excluding hydrogens is 128 g/mol. The van der Waals surface area contributed by atoms with E-state index in [1.54, 1.807) is 0 Å². The highest BCUT2D eigenvalue weighted by molar-refractivity contribution is 5.69. The summed E-state index contributed by atoms with van der Waals surface area (Å²) >= 11 is 0. The molecule has 0 bridgehead atoms. The molecule has 1 atom stereocenters. The molecule has 1 unspecified atom stereocenters. The number of quaternary nitrogens is 1. The Morgan fingerprint density at radius 3 is 2.60 bits per heavy atom. The van der Waals surface area contributed by atoms with Crippen LogP contribution >= 0.6 is 0 Å². The molecule has 0 saturated carbocycles. The second-order valence-corrected chi connectivity index (χ2v) is 2.63. The Morgan fingerprint density at radius 1 is 1.60 bits per heavy atom. The molecule has 4 heteroatoms. The largest absolute Gasteiger partial charge is 0.355 e. The molecule has 10 heavy (non-hydrogen) atoms. The summed E-state index contributed by atoms with van der Waals surface area (Å²) in [5.74, 6) is 0.303. The van der Waals surface area contributed by atoms with Crippen LogP contribution in [-0.2, 0) is 0 Å². The molecule has 0 rings (SSSR count). The first kappa shape index (κ1) is 9.23. The molecule has 8 N–H and O–H groups in total. The van der Waals surface area contributed by atoms with Gasteiger partial charge in [0, 0.05) is 6.42 Å². The van der Waals surface area contributed by atoms with Crippen LogP contribution in [0.5, 0.6) is 0 Å². The van der Waals surface area contributed by atoms with E-state index in [0.29, 0.717) is 12.0 Å². The van der Waals surface area contributed by atoms with Crippen molar-refractivity contribution in [3.05, 3.63) is 0 Å². The Labute approximate surface area is 61.5 Å². The fourth-order valence-electron chi connectivity index (χ4n) is 0.683. The van der Waals surface area contributed by atoms with Gasteiger partial charge >= 0.3 is 5.96 Å². The fraction of sp³-hybridized carbons (Fsp3) is 0.833. The second kappa shape index (κ2) is 5.05. The van der Waals surface area contributed by atoms with Gasteiger partial charge in [0.1, 0.15) is 0 Å². The Hall–Kier alpha value is -0.770. The van der Waals surface area contributed by atoms with E-state index >= 15 is 0 Å². The predicted molar refractivity (Wildman–Crippen MR) is 40.8 cm³/mol. The lowest BCUT2D eigenvalue weighted by Gasteiger charge is -1.97. The van der Waals surface area contributed by atoms with Crippen LogP contribution in [-0.4, -0.2) is 18.5 Å². The maximum atomic E-state index is 5.18. The summed E-state index contributed by atoms with van der Waals surface area (Å²) < 4.78 is 0. The highest BCUT2D eigenvalue weighted by Crippen LogP contribution is 1.85. The van der Waals surface area contributed by atoms with Crippen molar-refractivity contribution in [1.29, 1.82) is 0 Å². The molecule has 0 saturated heterocycles. The quantitative estimate of drug-likeness (QED) is 0.190. The van der Waals surface area contributed by atoms with Crippen molar-refractivity contribution in [2.24, 2.45) is 11.5 Å². The molecule has 0 heterocycles. The molecule has 0 amide bonds. The monoisotopic (exact) mass is 146 g/mol. The van der Waals surface area contributed by atoms with Crippen LogP contribution in [0.15, 0.2) is 0 Å². The van der Waals surface area contributed by atoms with Crippen LogP contribution < -0.4 is 22.2 Å². The number of hydrogen-bond acceptors (Lipinski definition) is 0. The van der Waals surface area contributed by atoms with Crippen LogP contribution in [0.1, 0.15) is 19.8 Å². The highest BCUT2D eigenvalue weighted by atomic mass is 15.0. The Bertz CT molecular complexity index is 104. The van der Waals surface area contributed by atoms with Gasteiger partial charge in [-0.3, -0.25) is 16.5 Å². The van der Waals surface area contributed by atoms with Gasteiger partial charge < -0.3 is 5.73 Å². The third-order valence-corrected chi connectivity index (χ3v) is 1.20. The minimum absolute atomic E-state index is 0.303. The molecule has 0 spiro atoms. The smallest absolute Gasteiger partial charge is 0.338 e. The maximum absolute atomic E-state index is 5.18. The molecular formula is C6H18N4+2. The summed E-state index contributed by atoms with van der Waals surface area (Å²) in [6.45, 7) is 2.94. The number of nitrogens with one attached hydrogen (secondary N) is 1. The first-order valence-electron chi connectivity index (χ1n) is 3.57. The average molecular weight is 146 g/mol. The molecule has 0 aromatic carbocycles. The van der Waals surface area contributed by atoms with Gasteiger partial charge in [-0.05, 0) is 13.3 Å². The first-order chi connectivity index (χ1) is 4.63. The van der Waals surface area contributed by atoms with Gasteiger partial charge in [0.15, 0.2) is 0 Å². The summed E-state index contributed by atoms with van der Waals surface area (Å²) in [7, 11) is 0. The Balaban J connectivity index is 3.13. The molecule has 0 radical (unpaired) electrons. The van der Waals surface area contributed by atoms with E-state index in [-0.39, 0.29) is 0 Å². The molecule has 60 valence electrons. The fourth-order valence-corrected chi connectivity index (χ4v) is 0.683. The summed E-state index contributed by atoms with van der Waals surface area (Å²) in [5.41, 5.74) is 14.2. The van der Waals surface area contributed by atoms with Gasteiger partial charge in [-0.2, -0.15) is 0 Å². The number of guanidine groups is 1. The van der Waals surface area contributed by atoms with Crippen LogP contribution in [0.2, 0.25) is 0 Å². The average Bonchev–Trinajstić information content (AvgIpc) is 1.79. The SMILES string of the molecule is CC([NH3+])CCC[NH+]=C(N)N. The Kier molecular flexibility index (Phi) is 4.66. The van der Waals surface area contributed by atoms with E-state index in [0.717, 1.165) is 19.4 Å². The molecule has 4 nitrogen and oxygen atoms in total. The van der Waals surface area contributed by atoms with E-state index in [2.05, 4.69) is 17.6 Å². The van der Waals surface area contributed by atoms with Crippen molar-refractivity contribution in [1.82, 2.24) is 0 Å². The number of rotatable bonds is 4. The second-order valence-electron chi connectivity index (χ2n) is 2.63. The van der Waals surface area contributed by atoms with Crippen molar-refractivity contribution in [2.75, 3.05) is 6.54 Å². The highest BCUT2D eigenvalue weighted by Gasteiger charge is 1.95. The van der Waals surface area contributed by atoms with E-state index in [1.807, 2.05) is 0 Å². The van der Waals surface area contributed by atoms with Crippen molar-refractivity contribution in [3.8, 4) is 0 Å². The van der Waals surface area contributed by atoms with E-state index in [9.17, 15) is 0 Å². The molecule has 0 aliphatic heterocycles. The third-order valence-electron chi connectivity index (χ3n) is 1.20. The van der Waals surface area contributed by atoms with Crippen molar-refractivity contribution in [3.63, 3.8) is 0 Å². The van der Waals surface area contributed by atoms with Crippen LogP contribution in [0.3, 0.4) is 0 Å².